The molecule has 0 saturated carbocycles. The Labute approximate surface area is 122 Å². The monoisotopic (exact) mass is 289 g/mol. The van der Waals surface area contributed by atoms with Gasteiger partial charge < -0.3 is 10.6 Å². The first-order valence-corrected chi connectivity index (χ1v) is 6.98. The lowest BCUT2D eigenvalue weighted by Gasteiger charge is -2.05. The van der Waals surface area contributed by atoms with Crippen LogP contribution in [0.4, 0.5) is 5.82 Å². The van der Waals surface area contributed by atoms with Crippen molar-refractivity contribution in [2.24, 2.45) is 0 Å². The van der Waals surface area contributed by atoms with Crippen LogP contribution in [0, 0.1) is 0 Å². The predicted molar refractivity (Wildman–Crippen MR) is 77.8 cm³/mol. The van der Waals surface area contributed by atoms with Gasteiger partial charge in [0.05, 0.1) is 12.4 Å². The van der Waals surface area contributed by atoms with Crippen LogP contribution in [0.1, 0.15) is 36.1 Å². The molecule has 0 atom stereocenters. The molecule has 0 bridgehead atoms. The van der Waals surface area contributed by atoms with Gasteiger partial charge in [-0.25, -0.2) is 15.0 Å². The second-order valence-corrected chi connectivity index (χ2v) is 4.51. The van der Waals surface area contributed by atoms with E-state index in [2.05, 4.69) is 42.7 Å². The topological polar surface area (TPSA) is 108 Å². The Kier molecular flexibility index (Phi) is 5.62. The van der Waals surface area contributed by atoms with Crippen LogP contribution >= 0.6 is 0 Å². The van der Waals surface area contributed by atoms with Gasteiger partial charge in [-0.15, -0.1) is 0 Å². The lowest BCUT2D eigenvalue weighted by molar-refractivity contribution is 0.0948. The van der Waals surface area contributed by atoms with Gasteiger partial charge >= 0.3 is 0 Å². The Morgan fingerprint density at radius 1 is 1.24 bits per heavy atom. The second-order valence-electron chi connectivity index (χ2n) is 4.51. The van der Waals surface area contributed by atoms with Crippen molar-refractivity contribution in [1.82, 2.24) is 30.5 Å². The van der Waals surface area contributed by atoms with Gasteiger partial charge in [0.1, 0.15) is 23.7 Å². The van der Waals surface area contributed by atoms with E-state index in [1.165, 1.54) is 12.5 Å². The molecule has 2 rings (SSSR count). The number of nitrogens with zero attached hydrogens (tertiary/aromatic N) is 4. The number of aromatic amines is 1. The molecule has 21 heavy (non-hydrogen) atoms. The van der Waals surface area contributed by atoms with Crippen molar-refractivity contribution in [1.29, 1.82) is 0 Å². The highest BCUT2D eigenvalue weighted by molar-refractivity contribution is 5.91. The summed E-state index contributed by atoms with van der Waals surface area (Å²) >= 11 is 0. The number of carbonyl (C=O) groups excluding carboxylic acids is 1. The highest BCUT2D eigenvalue weighted by Crippen LogP contribution is 2.01. The molecule has 0 radical (unpaired) electrons. The fraction of sp³-hybridized carbons (Fsp3) is 0.462. The molecule has 2 heterocycles. The number of hydrogen-bond acceptors (Lipinski definition) is 6. The van der Waals surface area contributed by atoms with Crippen LogP contribution in [0.5, 0.6) is 0 Å². The minimum absolute atomic E-state index is 0.220. The summed E-state index contributed by atoms with van der Waals surface area (Å²) in [5.74, 6) is 1.27. The van der Waals surface area contributed by atoms with Gasteiger partial charge in [-0.3, -0.25) is 9.89 Å². The maximum atomic E-state index is 11.9. The van der Waals surface area contributed by atoms with E-state index in [9.17, 15) is 4.79 Å². The van der Waals surface area contributed by atoms with E-state index in [-0.39, 0.29) is 5.91 Å². The predicted octanol–water partition coefficient (Wildman–Crippen LogP) is 0.779. The number of amides is 1. The zero-order valence-electron chi connectivity index (χ0n) is 12.0. The Morgan fingerprint density at radius 2 is 2.14 bits per heavy atom. The smallest absolute Gasteiger partial charge is 0.271 e. The highest BCUT2D eigenvalue weighted by atomic mass is 16.1. The molecular weight excluding hydrogens is 270 g/mol. The largest absolute Gasteiger partial charge is 0.369 e. The average molecular weight is 289 g/mol. The summed E-state index contributed by atoms with van der Waals surface area (Å²) in [7, 11) is 0. The number of hydrogen-bond donors (Lipinski definition) is 3. The molecule has 0 aliphatic heterocycles. The molecule has 2 aromatic heterocycles. The molecule has 8 nitrogen and oxygen atoms in total. The number of rotatable bonds is 8. The first-order valence-electron chi connectivity index (χ1n) is 6.98. The van der Waals surface area contributed by atoms with Crippen molar-refractivity contribution in [3.63, 3.8) is 0 Å². The van der Waals surface area contributed by atoms with Crippen LogP contribution in [-0.4, -0.2) is 44.1 Å². The number of aromatic nitrogens is 5. The lowest BCUT2D eigenvalue weighted by Crippen LogP contribution is -2.26. The van der Waals surface area contributed by atoms with Gasteiger partial charge in [0.25, 0.3) is 5.91 Å². The van der Waals surface area contributed by atoms with Gasteiger partial charge in [0.15, 0.2) is 0 Å². The van der Waals surface area contributed by atoms with Gasteiger partial charge in [-0.2, -0.15) is 5.10 Å². The van der Waals surface area contributed by atoms with Gasteiger partial charge in [-0.05, 0) is 12.8 Å². The van der Waals surface area contributed by atoms with E-state index in [1.807, 2.05) is 0 Å². The van der Waals surface area contributed by atoms with E-state index < -0.39 is 0 Å². The quantitative estimate of drug-likeness (QED) is 0.620. The fourth-order valence-corrected chi connectivity index (χ4v) is 1.69. The summed E-state index contributed by atoms with van der Waals surface area (Å²) in [6.45, 7) is 3.46. The molecule has 1 amide bonds. The van der Waals surface area contributed by atoms with Crippen LogP contribution in [0.25, 0.3) is 0 Å². The molecule has 0 aliphatic rings. The summed E-state index contributed by atoms with van der Waals surface area (Å²) < 4.78 is 0. The Balaban J connectivity index is 1.72. The first kappa shape index (κ1) is 14.9. The Bertz CT molecular complexity index is 538. The second kappa shape index (κ2) is 7.93. The van der Waals surface area contributed by atoms with E-state index in [4.69, 9.17) is 0 Å². The van der Waals surface area contributed by atoms with Crippen molar-refractivity contribution in [2.45, 2.75) is 26.2 Å². The maximum absolute atomic E-state index is 11.9. The van der Waals surface area contributed by atoms with E-state index in [0.29, 0.717) is 18.1 Å². The average Bonchev–Trinajstić information content (AvgIpc) is 3.03. The van der Waals surface area contributed by atoms with Crippen molar-refractivity contribution in [2.75, 3.05) is 18.4 Å². The number of anilines is 1. The zero-order chi connectivity index (χ0) is 14.9. The molecule has 0 spiro atoms. The molecule has 0 fully saturated rings. The maximum Gasteiger partial charge on any atom is 0.271 e. The van der Waals surface area contributed by atoms with E-state index in [1.54, 1.807) is 6.20 Å². The normalized spacial score (nSPS) is 10.3. The van der Waals surface area contributed by atoms with Crippen molar-refractivity contribution in [3.8, 4) is 0 Å². The highest BCUT2D eigenvalue weighted by Gasteiger charge is 2.07. The summed E-state index contributed by atoms with van der Waals surface area (Å²) in [4.78, 5) is 24.1. The molecule has 0 aliphatic carbocycles. The number of aryl methyl sites for hydroxylation is 1. The third-order valence-electron chi connectivity index (χ3n) is 2.78. The Morgan fingerprint density at radius 3 is 2.81 bits per heavy atom. The number of nitrogens with one attached hydrogen (secondary N) is 3. The minimum atomic E-state index is -0.220. The van der Waals surface area contributed by atoms with Crippen LogP contribution in [-0.2, 0) is 6.42 Å². The zero-order valence-corrected chi connectivity index (χ0v) is 12.0. The summed E-state index contributed by atoms with van der Waals surface area (Å²) in [5, 5.41) is 12.4. The van der Waals surface area contributed by atoms with E-state index in [0.717, 1.165) is 31.6 Å². The van der Waals surface area contributed by atoms with Crippen LogP contribution in [0.15, 0.2) is 18.7 Å². The molecular formula is C13H19N7O. The standard InChI is InChI=1S/C13H19N7O/c1-2-5-14-12-8-16-10(7-17-12)13(21)15-6-3-4-11-18-9-19-20-11/h7-9H,2-6H2,1H3,(H,14,17)(H,15,21)(H,18,19,20). The third-order valence-corrected chi connectivity index (χ3v) is 2.78. The summed E-state index contributed by atoms with van der Waals surface area (Å²) in [6, 6.07) is 0. The third kappa shape index (κ3) is 4.83. The van der Waals surface area contributed by atoms with E-state index >= 15 is 0 Å². The van der Waals surface area contributed by atoms with Crippen molar-refractivity contribution < 1.29 is 4.79 Å². The molecule has 8 heteroatoms. The SMILES string of the molecule is CCCNc1cnc(C(=O)NCCCc2ncn[nH]2)cn1. The summed E-state index contributed by atoms with van der Waals surface area (Å²) in [6.07, 6.45) is 7.05. The van der Waals surface area contributed by atoms with Crippen LogP contribution in [0.3, 0.4) is 0 Å². The fourth-order valence-electron chi connectivity index (χ4n) is 1.69. The molecule has 0 aromatic carbocycles. The minimum Gasteiger partial charge on any atom is -0.369 e. The Hall–Kier alpha value is -2.51. The van der Waals surface area contributed by atoms with Crippen molar-refractivity contribution in [3.05, 3.63) is 30.2 Å². The number of carbonyl (C=O) groups is 1. The molecule has 2 aromatic rings. The molecule has 0 unspecified atom stereocenters. The van der Waals surface area contributed by atoms with Gasteiger partial charge in [-0.1, -0.05) is 6.92 Å². The van der Waals surface area contributed by atoms with Crippen LogP contribution < -0.4 is 10.6 Å². The van der Waals surface area contributed by atoms with Crippen molar-refractivity contribution >= 4 is 11.7 Å². The summed E-state index contributed by atoms with van der Waals surface area (Å²) in [5.41, 5.74) is 0.316. The van der Waals surface area contributed by atoms with Crippen LogP contribution in [0.2, 0.25) is 0 Å². The molecule has 0 saturated heterocycles. The molecule has 112 valence electrons. The van der Waals surface area contributed by atoms with Gasteiger partial charge in [0, 0.05) is 19.5 Å². The number of H-pyrrole nitrogens is 1. The first-order chi connectivity index (χ1) is 10.3. The van der Waals surface area contributed by atoms with Gasteiger partial charge in [0.2, 0.25) is 0 Å². The molecule has 3 N–H and O–H groups in total. The lowest BCUT2D eigenvalue weighted by atomic mass is 10.3.